The van der Waals surface area contributed by atoms with Crippen molar-refractivity contribution >= 4 is 11.6 Å². The van der Waals surface area contributed by atoms with Crippen LogP contribution in [0.2, 0.25) is 0 Å². The van der Waals surface area contributed by atoms with Gasteiger partial charge in [-0.05, 0) is 62.6 Å². The number of fused-ring (bicyclic) bond motifs is 2. The zero-order chi connectivity index (χ0) is 21.7. The molecule has 0 unspecified atom stereocenters. The second-order valence-electron chi connectivity index (χ2n) is 9.27. The summed E-state index contributed by atoms with van der Waals surface area (Å²) in [5, 5.41) is 11.7. The van der Waals surface area contributed by atoms with Crippen molar-refractivity contribution in [3.05, 3.63) is 54.2 Å². The van der Waals surface area contributed by atoms with Crippen LogP contribution in [0.15, 0.2) is 48.7 Å². The Morgan fingerprint density at radius 3 is 2.62 bits per heavy atom. The summed E-state index contributed by atoms with van der Waals surface area (Å²) in [5.74, 6) is 0.879. The number of para-hydroxylation sites is 1. The van der Waals surface area contributed by atoms with Crippen LogP contribution in [0.3, 0.4) is 0 Å². The molecule has 0 radical (unpaired) electrons. The van der Waals surface area contributed by atoms with Gasteiger partial charge in [0.15, 0.2) is 0 Å². The Morgan fingerprint density at radius 2 is 1.91 bits per heavy atom. The lowest BCUT2D eigenvalue weighted by atomic mass is 9.65. The Balaban J connectivity index is 1.45. The van der Waals surface area contributed by atoms with E-state index < -0.39 is 5.41 Å². The van der Waals surface area contributed by atoms with Crippen LogP contribution in [0, 0.1) is 0 Å². The first-order chi connectivity index (χ1) is 15.6. The Morgan fingerprint density at radius 1 is 1.12 bits per heavy atom. The molecule has 1 aliphatic carbocycles. The van der Waals surface area contributed by atoms with E-state index >= 15 is 0 Å². The van der Waals surface area contributed by atoms with Gasteiger partial charge in [-0.15, -0.1) is 5.10 Å². The van der Waals surface area contributed by atoms with Gasteiger partial charge in [0.25, 0.3) is 0 Å². The number of benzene rings is 2. The van der Waals surface area contributed by atoms with Crippen LogP contribution < -0.4 is 10.1 Å². The van der Waals surface area contributed by atoms with Crippen molar-refractivity contribution in [2.45, 2.75) is 43.6 Å². The third kappa shape index (κ3) is 3.03. The zero-order valence-corrected chi connectivity index (χ0v) is 18.3. The Kier molecular flexibility index (Phi) is 4.54. The number of anilines is 1. The van der Waals surface area contributed by atoms with Crippen LogP contribution in [0.25, 0.3) is 16.9 Å². The number of hydrogen-bond donors (Lipinski definition) is 1. The molecule has 6 rings (SSSR count). The van der Waals surface area contributed by atoms with Gasteiger partial charge in [-0.2, -0.15) is 0 Å². The van der Waals surface area contributed by atoms with Crippen LogP contribution in [0.4, 0.5) is 5.69 Å². The summed E-state index contributed by atoms with van der Waals surface area (Å²) in [6, 6.07) is 14.2. The molecule has 32 heavy (non-hydrogen) atoms. The predicted molar refractivity (Wildman–Crippen MR) is 122 cm³/mol. The maximum Gasteiger partial charge on any atom is 0.235 e. The molecule has 7 nitrogen and oxygen atoms in total. The Labute approximate surface area is 187 Å². The number of rotatable bonds is 4. The van der Waals surface area contributed by atoms with Crippen molar-refractivity contribution in [2.75, 3.05) is 25.5 Å². The minimum absolute atomic E-state index is 0.110. The van der Waals surface area contributed by atoms with Crippen LogP contribution in [-0.2, 0) is 10.2 Å². The van der Waals surface area contributed by atoms with Gasteiger partial charge in [-0.3, -0.25) is 4.79 Å². The van der Waals surface area contributed by atoms with Crippen molar-refractivity contribution in [3.8, 4) is 22.7 Å². The second-order valence-corrected chi connectivity index (χ2v) is 9.27. The van der Waals surface area contributed by atoms with Crippen LogP contribution in [-0.4, -0.2) is 52.0 Å². The molecule has 2 aliphatic heterocycles. The van der Waals surface area contributed by atoms with E-state index in [-0.39, 0.29) is 12.0 Å². The lowest BCUT2D eigenvalue weighted by molar-refractivity contribution is -0.123. The van der Waals surface area contributed by atoms with E-state index in [4.69, 9.17) is 4.74 Å². The summed E-state index contributed by atoms with van der Waals surface area (Å²) < 4.78 is 8.40. The number of carbonyl (C=O) groups is 1. The Bertz CT molecular complexity index is 1160. The number of nitrogens with one attached hydrogen (secondary N) is 1. The van der Waals surface area contributed by atoms with Crippen molar-refractivity contribution in [1.82, 2.24) is 19.9 Å². The molecular formula is C25H27N5O2. The minimum atomic E-state index is -0.415. The molecule has 1 saturated heterocycles. The highest BCUT2D eigenvalue weighted by Gasteiger charge is 2.52. The first-order valence-electron chi connectivity index (χ1n) is 11.5. The van der Waals surface area contributed by atoms with E-state index in [0.717, 1.165) is 79.1 Å². The summed E-state index contributed by atoms with van der Waals surface area (Å²) in [5.41, 5.74) is 4.32. The van der Waals surface area contributed by atoms with Gasteiger partial charge >= 0.3 is 0 Å². The summed E-state index contributed by atoms with van der Waals surface area (Å²) in [6.07, 6.45) is 6.75. The van der Waals surface area contributed by atoms with Crippen LogP contribution in [0.1, 0.15) is 37.7 Å². The lowest BCUT2D eigenvalue weighted by Crippen LogP contribution is -2.40. The van der Waals surface area contributed by atoms with E-state index in [2.05, 4.69) is 33.6 Å². The third-order valence-corrected chi connectivity index (χ3v) is 7.30. The summed E-state index contributed by atoms with van der Waals surface area (Å²) >= 11 is 0. The molecule has 2 fully saturated rings. The minimum Gasteiger partial charge on any atom is -0.488 e. The molecule has 0 bridgehead atoms. The number of hydrogen-bond acceptors (Lipinski definition) is 5. The SMILES string of the molecule is CN1CCC(Oc2cc(-c3cnnn3-c3ccccc3)cc3c2NC(=O)C32CCC2)CC1. The van der Waals surface area contributed by atoms with E-state index in [9.17, 15) is 4.79 Å². The number of ether oxygens (including phenoxy) is 1. The maximum absolute atomic E-state index is 13.0. The maximum atomic E-state index is 13.0. The first-order valence-corrected chi connectivity index (χ1v) is 11.5. The quantitative estimate of drug-likeness (QED) is 0.683. The molecule has 2 aromatic carbocycles. The normalized spacial score (nSPS) is 20.1. The smallest absolute Gasteiger partial charge is 0.235 e. The number of carbonyl (C=O) groups excluding carboxylic acids is 1. The largest absolute Gasteiger partial charge is 0.488 e. The zero-order valence-electron chi connectivity index (χ0n) is 18.3. The first kappa shape index (κ1) is 19.5. The molecule has 1 N–H and O–H groups in total. The fourth-order valence-electron chi connectivity index (χ4n) is 5.22. The van der Waals surface area contributed by atoms with Gasteiger partial charge in [-0.1, -0.05) is 29.8 Å². The average Bonchev–Trinajstić information content (AvgIpc) is 3.38. The number of likely N-dealkylation sites (tertiary alicyclic amines) is 1. The number of nitrogens with zero attached hydrogens (tertiary/aromatic N) is 4. The molecule has 164 valence electrons. The van der Waals surface area contributed by atoms with Gasteiger partial charge < -0.3 is 15.0 Å². The van der Waals surface area contributed by atoms with Crippen LogP contribution >= 0.6 is 0 Å². The predicted octanol–water partition coefficient (Wildman–Crippen LogP) is 3.78. The molecule has 7 heteroatoms. The summed E-state index contributed by atoms with van der Waals surface area (Å²) in [6.45, 7) is 2.04. The lowest BCUT2D eigenvalue weighted by Gasteiger charge is -2.36. The fourth-order valence-corrected chi connectivity index (χ4v) is 5.22. The molecule has 3 aliphatic rings. The van der Waals surface area contributed by atoms with Gasteiger partial charge in [0, 0.05) is 18.7 Å². The van der Waals surface area contributed by atoms with Crippen molar-refractivity contribution in [1.29, 1.82) is 0 Å². The van der Waals surface area contributed by atoms with E-state index in [1.54, 1.807) is 6.20 Å². The monoisotopic (exact) mass is 429 g/mol. The average molecular weight is 430 g/mol. The van der Waals surface area contributed by atoms with E-state index in [1.165, 1.54) is 0 Å². The molecular weight excluding hydrogens is 402 g/mol. The van der Waals surface area contributed by atoms with Crippen molar-refractivity contribution < 1.29 is 9.53 Å². The topological polar surface area (TPSA) is 72.3 Å². The standard InChI is InChI=1S/C25H27N5O2/c1-29-12-8-19(9-13-29)32-22-15-17(14-20-23(22)27-24(31)25(20)10-5-11-25)21-16-26-28-30(21)18-6-3-2-4-7-18/h2-4,6-7,14-16,19H,5,8-13H2,1H3,(H,27,31). The number of aromatic nitrogens is 3. The summed E-state index contributed by atoms with van der Waals surface area (Å²) in [4.78, 5) is 15.3. The molecule has 1 aromatic heterocycles. The highest BCUT2D eigenvalue weighted by molar-refractivity contribution is 6.09. The molecule has 1 amide bonds. The van der Waals surface area contributed by atoms with Crippen molar-refractivity contribution in [2.24, 2.45) is 0 Å². The van der Waals surface area contributed by atoms with Gasteiger partial charge in [0.05, 0.1) is 28.7 Å². The molecule has 1 spiro atoms. The molecule has 0 atom stereocenters. The van der Waals surface area contributed by atoms with Crippen LogP contribution in [0.5, 0.6) is 5.75 Å². The van der Waals surface area contributed by atoms with Crippen molar-refractivity contribution in [3.63, 3.8) is 0 Å². The highest BCUT2D eigenvalue weighted by atomic mass is 16.5. The van der Waals surface area contributed by atoms with Gasteiger partial charge in [-0.25, -0.2) is 4.68 Å². The van der Waals surface area contributed by atoms with E-state index in [0.29, 0.717) is 0 Å². The van der Waals surface area contributed by atoms with Gasteiger partial charge in [0.2, 0.25) is 5.91 Å². The summed E-state index contributed by atoms with van der Waals surface area (Å²) in [7, 11) is 2.15. The molecule has 3 aromatic rings. The highest BCUT2D eigenvalue weighted by Crippen LogP contribution is 2.54. The number of amides is 1. The third-order valence-electron chi connectivity index (χ3n) is 7.30. The fraction of sp³-hybridized carbons (Fsp3) is 0.400. The number of piperidine rings is 1. The van der Waals surface area contributed by atoms with Gasteiger partial charge in [0.1, 0.15) is 11.9 Å². The van der Waals surface area contributed by atoms with E-state index in [1.807, 2.05) is 41.1 Å². The molecule has 1 saturated carbocycles. The Hall–Kier alpha value is -3.19. The second kappa shape index (κ2) is 7.45. The molecule has 3 heterocycles.